The number of allylic oxidation sites excluding steroid dienone is 2. The normalized spacial score (nSPS) is 16.5. The number of benzene rings is 5. The molecule has 0 bridgehead atoms. The third-order valence-corrected chi connectivity index (χ3v) is 9.03. The van der Waals surface area contributed by atoms with Gasteiger partial charge in [-0.15, -0.1) is 0 Å². The van der Waals surface area contributed by atoms with Crippen LogP contribution >= 0.6 is 0 Å². The molecular formula is C34H24O3S. The molecule has 0 heterocycles. The van der Waals surface area contributed by atoms with E-state index in [1.54, 1.807) is 18.2 Å². The van der Waals surface area contributed by atoms with Gasteiger partial charge in [-0.1, -0.05) is 78.9 Å². The summed E-state index contributed by atoms with van der Waals surface area (Å²) in [6.45, 7) is 2.05. The summed E-state index contributed by atoms with van der Waals surface area (Å²) >= 11 is 0. The maximum absolute atomic E-state index is 14.0. The van der Waals surface area contributed by atoms with Gasteiger partial charge in [-0.25, -0.2) is 8.42 Å². The highest BCUT2D eigenvalue weighted by molar-refractivity contribution is 7.90. The minimum atomic E-state index is -3.32. The maximum atomic E-state index is 14.0. The predicted octanol–water partition coefficient (Wildman–Crippen LogP) is 5.56. The van der Waals surface area contributed by atoms with Crippen molar-refractivity contribution in [3.63, 3.8) is 0 Å². The Hall–Kier alpha value is -4.28. The topological polar surface area (TPSA) is 51.2 Å². The summed E-state index contributed by atoms with van der Waals surface area (Å²) in [7, 11) is -3.32. The highest BCUT2D eigenvalue weighted by Crippen LogP contribution is 2.44. The highest BCUT2D eigenvalue weighted by atomic mass is 32.2. The van der Waals surface area contributed by atoms with Gasteiger partial charge in [0.15, 0.2) is 15.6 Å². The van der Waals surface area contributed by atoms with Gasteiger partial charge in [0.25, 0.3) is 0 Å². The first-order valence-corrected chi connectivity index (χ1v) is 14.5. The quantitative estimate of drug-likeness (QED) is 0.318. The fourth-order valence-corrected chi connectivity index (χ4v) is 6.67. The van der Waals surface area contributed by atoms with Crippen LogP contribution in [0.3, 0.4) is 0 Å². The van der Waals surface area contributed by atoms with E-state index in [1.807, 2.05) is 24.3 Å². The smallest absolute Gasteiger partial charge is 0.187 e. The first kappa shape index (κ1) is 22.9. The van der Waals surface area contributed by atoms with Crippen LogP contribution < -0.4 is 10.4 Å². The summed E-state index contributed by atoms with van der Waals surface area (Å²) in [5.74, 6) is -0.206. The Labute approximate surface area is 221 Å². The average molecular weight is 513 g/mol. The molecular weight excluding hydrogens is 488 g/mol. The van der Waals surface area contributed by atoms with E-state index in [4.69, 9.17) is 0 Å². The lowest BCUT2D eigenvalue weighted by molar-refractivity contribution is -0.108. The molecule has 0 radical (unpaired) electrons. The number of ketones is 1. The second-order valence-electron chi connectivity index (χ2n) is 10.3. The Morgan fingerprint density at radius 1 is 0.763 bits per heavy atom. The molecule has 1 atom stereocenters. The Balaban J connectivity index is 1.59. The zero-order chi connectivity index (χ0) is 26.2. The molecule has 7 rings (SSSR count). The molecule has 0 aromatic heterocycles. The van der Waals surface area contributed by atoms with Crippen molar-refractivity contribution in [1.82, 2.24) is 0 Å². The van der Waals surface area contributed by atoms with E-state index in [9.17, 15) is 13.2 Å². The van der Waals surface area contributed by atoms with E-state index in [2.05, 4.69) is 67.6 Å². The van der Waals surface area contributed by atoms with E-state index in [0.29, 0.717) is 0 Å². The van der Waals surface area contributed by atoms with Gasteiger partial charge in [0.1, 0.15) is 0 Å². The van der Waals surface area contributed by atoms with Crippen molar-refractivity contribution in [2.75, 3.05) is 6.26 Å². The molecule has 0 aliphatic heterocycles. The van der Waals surface area contributed by atoms with Gasteiger partial charge in [0.2, 0.25) is 0 Å². The summed E-state index contributed by atoms with van der Waals surface area (Å²) in [6, 6.07) is 30.1. The van der Waals surface area contributed by atoms with Gasteiger partial charge in [0.05, 0.1) is 4.90 Å². The molecule has 184 valence electrons. The number of fused-ring (bicyclic) bond motifs is 1. The van der Waals surface area contributed by atoms with E-state index in [-0.39, 0.29) is 16.6 Å². The molecule has 2 aliphatic carbocycles. The molecule has 0 saturated carbocycles. The summed E-state index contributed by atoms with van der Waals surface area (Å²) in [4.78, 5) is 14.3. The number of carbonyl (C=O) groups excluding carboxylic acids is 1. The second kappa shape index (κ2) is 8.11. The molecule has 4 heteroatoms. The van der Waals surface area contributed by atoms with Crippen LogP contribution in [0, 0.1) is 6.92 Å². The summed E-state index contributed by atoms with van der Waals surface area (Å²) < 4.78 is 24.3. The third kappa shape index (κ3) is 3.41. The molecule has 0 amide bonds. The van der Waals surface area contributed by atoms with Gasteiger partial charge in [-0.05, 0) is 85.4 Å². The molecule has 0 fully saturated rings. The van der Waals surface area contributed by atoms with E-state index in [0.717, 1.165) is 65.4 Å². The van der Waals surface area contributed by atoms with Crippen LogP contribution in [-0.2, 0) is 14.6 Å². The summed E-state index contributed by atoms with van der Waals surface area (Å²) in [6.07, 6.45) is 5.23. The van der Waals surface area contributed by atoms with Gasteiger partial charge < -0.3 is 0 Å². The van der Waals surface area contributed by atoms with Crippen LogP contribution in [0.2, 0.25) is 0 Å². The van der Waals surface area contributed by atoms with Crippen molar-refractivity contribution in [1.29, 1.82) is 0 Å². The lowest BCUT2D eigenvalue weighted by Crippen LogP contribution is -2.28. The molecule has 38 heavy (non-hydrogen) atoms. The van der Waals surface area contributed by atoms with Crippen molar-refractivity contribution in [3.05, 3.63) is 124 Å². The van der Waals surface area contributed by atoms with Gasteiger partial charge in [-0.2, -0.15) is 0 Å². The largest absolute Gasteiger partial charge is 0.289 e. The number of hydrogen-bond donors (Lipinski definition) is 0. The Morgan fingerprint density at radius 3 is 2.24 bits per heavy atom. The van der Waals surface area contributed by atoms with Crippen LogP contribution in [0.15, 0.2) is 95.9 Å². The fourth-order valence-electron chi connectivity index (χ4n) is 6.04. The van der Waals surface area contributed by atoms with Crippen LogP contribution in [0.1, 0.15) is 28.2 Å². The van der Waals surface area contributed by atoms with E-state index in [1.165, 1.54) is 6.26 Å². The lowest BCUT2D eigenvalue weighted by atomic mass is 9.73. The summed E-state index contributed by atoms with van der Waals surface area (Å²) in [5.41, 5.74) is 5.72. The second-order valence-corrected chi connectivity index (χ2v) is 12.3. The number of carbonyl (C=O) groups is 1. The number of sulfone groups is 1. The Bertz CT molecular complexity index is 2120. The number of rotatable bonds is 3. The lowest BCUT2D eigenvalue weighted by Gasteiger charge is -2.29. The molecule has 2 aliphatic rings. The third-order valence-electron chi connectivity index (χ3n) is 7.90. The molecule has 1 unspecified atom stereocenters. The first-order chi connectivity index (χ1) is 18.3. The maximum Gasteiger partial charge on any atom is 0.187 e. The minimum absolute atomic E-state index is 0.00886. The first-order valence-electron chi connectivity index (χ1n) is 12.6. The average Bonchev–Trinajstić information content (AvgIpc) is 2.92. The van der Waals surface area contributed by atoms with Gasteiger partial charge in [0, 0.05) is 23.3 Å². The van der Waals surface area contributed by atoms with Crippen LogP contribution in [0.5, 0.6) is 0 Å². The molecule has 0 N–H and O–H groups in total. The number of aryl methyl sites for hydroxylation is 1. The number of hydrogen-bond acceptors (Lipinski definition) is 3. The molecule has 0 saturated heterocycles. The molecule has 5 aromatic carbocycles. The van der Waals surface area contributed by atoms with Crippen LogP contribution in [0.25, 0.3) is 44.8 Å². The highest BCUT2D eigenvalue weighted by Gasteiger charge is 2.32. The molecule has 3 nitrogen and oxygen atoms in total. The Kier molecular flexibility index (Phi) is 4.88. The predicted molar refractivity (Wildman–Crippen MR) is 155 cm³/mol. The summed E-state index contributed by atoms with van der Waals surface area (Å²) in [5, 5.41) is 6.51. The standard InChI is InChI=1S/C34H24O3S/c1-20-7-8-23-10-12-26-18-29(22-13-15-27(16-14-22)38(2,36)37)32(34-30(35)19-28(20)31(23)33(26)34)25-11-9-21-5-3-4-6-24(21)17-25/h3-19,29H,1-2H3. The van der Waals surface area contributed by atoms with Crippen molar-refractivity contribution < 1.29 is 13.2 Å². The molecule has 0 spiro atoms. The van der Waals surface area contributed by atoms with Crippen molar-refractivity contribution in [3.8, 4) is 0 Å². The zero-order valence-corrected chi connectivity index (χ0v) is 21.8. The zero-order valence-electron chi connectivity index (χ0n) is 21.0. The van der Waals surface area contributed by atoms with Crippen LogP contribution in [0.4, 0.5) is 0 Å². The van der Waals surface area contributed by atoms with E-state index >= 15 is 0 Å². The van der Waals surface area contributed by atoms with Crippen molar-refractivity contribution in [2.45, 2.75) is 17.7 Å². The van der Waals surface area contributed by atoms with Gasteiger partial charge in [-0.3, -0.25) is 4.79 Å². The van der Waals surface area contributed by atoms with Crippen LogP contribution in [-0.4, -0.2) is 20.5 Å². The van der Waals surface area contributed by atoms with E-state index < -0.39 is 9.84 Å². The van der Waals surface area contributed by atoms with Crippen molar-refractivity contribution in [2.24, 2.45) is 0 Å². The fraction of sp³-hybridized carbons (Fsp3) is 0.0882. The Morgan fingerprint density at radius 2 is 1.47 bits per heavy atom. The molecule has 5 aromatic rings. The van der Waals surface area contributed by atoms with Crippen molar-refractivity contribution >= 4 is 60.5 Å². The number of Topliss-reactive ketones (excluding diaryl/α,β-unsaturated/α-hetero) is 1. The van der Waals surface area contributed by atoms with Gasteiger partial charge >= 0.3 is 0 Å². The minimum Gasteiger partial charge on any atom is -0.289 e. The monoisotopic (exact) mass is 512 g/mol. The SMILES string of the molecule is Cc1ccc2ccc3c4c2c1=CC(=O)C4=C(c1ccc2ccccc2c1)C(c1ccc(S(C)(=O)=O)cc1)C=3.